The number of ether oxygens (including phenoxy) is 2. The topological polar surface area (TPSA) is 35.5 Å². The fourth-order valence-corrected chi connectivity index (χ4v) is 2.50. The van der Waals surface area contributed by atoms with Crippen LogP contribution in [0.4, 0.5) is 0 Å². The summed E-state index contributed by atoms with van der Waals surface area (Å²) in [6.45, 7) is 6.62. The van der Waals surface area contributed by atoms with Crippen molar-refractivity contribution in [2.45, 2.75) is 46.1 Å². The maximum atomic E-state index is 11.7. The molecular formula is C21H26O3. The molecule has 0 saturated carbocycles. The second-order valence-electron chi connectivity index (χ2n) is 5.82. The molecule has 0 bridgehead atoms. The number of esters is 1. The van der Waals surface area contributed by atoms with Crippen LogP contribution < -0.4 is 4.74 Å². The number of carbonyl (C=O) groups excluding carboxylic acids is 1. The van der Waals surface area contributed by atoms with Crippen LogP contribution in [-0.2, 0) is 9.53 Å². The molecule has 0 fully saturated rings. The highest BCUT2D eigenvalue weighted by molar-refractivity contribution is 5.69. The number of unbranched alkanes of at least 4 members (excludes halogenated alkanes) is 1. The normalized spacial score (nSPS) is 11.8. The Hall–Kier alpha value is -2.29. The Kier molecular flexibility index (Phi) is 6.86. The number of hydrogen-bond donors (Lipinski definition) is 0. The zero-order valence-corrected chi connectivity index (χ0v) is 14.7. The van der Waals surface area contributed by atoms with Crippen molar-refractivity contribution in [3.05, 3.63) is 54.1 Å². The van der Waals surface area contributed by atoms with Crippen molar-refractivity contribution in [3.8, 4) is 16.9 Å². The van der Waals surface area contributed by atoms with Crippen LogP contribution in [-0.4, -0.2) is 12.6 Å². The molecule has 2 aromatic carbocycles. The van der Waals surface area contributed by atoms with Gasteiger partial charge in [-0.1, -0.05) is 49.7 Å². The highest BCUT2D eigenvalue weighted by atomic mass is 16.5. The molecule has 3 heteroatoms. The Balaban J connectivity index is 2.00. The zero-order valence-electron chi connectivity index (χ0n) is 14.7. The highest BCUT2D eigenvalue weighted by Crippen LogP contribution is 2.25. The van der Waals surface area contributed by atoms with Gasteiger partial charge in [0.2, 0.25) is 0 Å². The lowest BCUT2D eigenvalue weighted by Gasteiger charge is -2.14. The number of benzene rings is 2. The Morgan fingerprint density at radius 3 is 2.08 bits per heavy atom. The Morgan fingerprint density at radius 1 is 0.958 bits per heavy atom. The molecule has 2 aromatic rings. The first-order valence-corrected chi connectivity index (χ1v) is 8.66. The average Bonchev–Trinajstić information content (AvgIpc) is 2.61. The summed E-state index contributed by atoms with van der Waals surface area (Å²) in [6.07, 6.45) is 2.15. The fraction of sp³-hybridized carbons (Fsp3) is 0.381. The van der Waals surface area contributed by atoms with Crippen molar-refractivity contribution in [1.29, 1.82) is 0 Å². The molecule has 0 radical (unpaired) electrons. The summed E-state index contributed by atoms with van der Waals surface area (Å²) in [4.78, 5) is 11.7. The summed E-state index contributed by atoms with van der Waals surface area (Å²) < 4.78 is 10.9. The van der Waals surface area contributed by atoms with Gasteiger partial charge in [-0.15, -0.1) is 0 Å². The van der Waals surface area contributed by atoms with Gasteiger partial charge >= 0.3 is 5.97 Å². The summed E-state index contributed by atoms with van der Waals surface area (Å²) in [7, 11) is 0. The number of carbonyl (C=O) groups is 1. The van der Waals surface area contributed by atoms with Crippen molar-refractivity contribution in [3.63, 3.8) is 0 Å². The average molecular weight is 326 g/mol. The second-order valence-corrected chi connectivity index (χ2v) is 5.82. The molecule has 24 heavy (non-hydrogen) atoms. The fourth-order valence-electron chi connectivity index (χ4n) is 2.50. The minimum Gasteiger partial charge on any atom is -0.494 e. The third-order valence-corrected chi connectivity index (χ3v) is 3.92. The largest absolute Gasteiger partial charge is 0.494 e. The van der Waals surface area contributed by atoms with Crippen LogP contribution in [0.1, 0.15) is 51.7 Å². The van der Waals surface area contributed by atoms with Crippen molar-refractivity contribution >= 4 is 5.97 Å². The van der Waals surface area contributed by atoms with Crippen LogP contribution in [0.15, 0.2) is 48.5 Å². The molecule has 1 atom stereocenters. The van der Waals surface area contributed by atoms with E-state index >= 15 is 0 Å². The molecule has 0 heterocycles. The van der Waals surface area contributed by atoms with E-state index < -0.39 is 0 Å². The Morgan fingerprint density at radius 2 is 1.54 bits per heavy atom. The zero-order chi connectivity index (χ0) is 17.4. The van der Waals surface area contributed by atoms with E-state index in [1.165, 1.54) is 0 Å². The van der Waals surface area contributed by atoms with Crippen molar-refractivity contribution < 1.29 is 14.3 Å². The van der Waals surface area contributed by atoms with E-state index in [4.69, 9.17) is 9.47 Å². The maximum absolute atomic E-state index is 11.7. The van der Waals surface area contributed by atoms with E-state index in [2.05, 4.69) is 19.1 Å². The van der Waals surface area contributed by atoms with Crippen LogP contribution >= 0.6 is 0 Å². The first-order chi connectivity index (χ1) is 11.6. The third kappa shape index (κ3) is 5.12. The summed E-state index contributed by atoms with van der Waals surface area (Å²) in [5.41, 5.74) is 3.28. The van der Waals surface area contributed by atoms with Crippen molar-refractivity contribution in [2.24, 2.45) is 0 Å². The van der Waals surface area contributed by atoms with E-state index in [-0.39, 0.29) is 12.1 Å². The van der Waals surface area contributed by atoms with E-state index in [1.807, 2.05) is 50.2 Å². The maximum Gasteiger partial charge on any atom is 0.306 e. The van der Waals surface area contributed by atoms with E-state index in [9.17, 15) is 4.79 Å². The van der Waals surface area contributed by atoms with Crippen molar-refractivity contribution in [1.82, 2.24) is 0 Å². The first-order valence-electron chi connectivity index (χ1n) is 8.66. The molecule has 2 rings (SSSR count). The molecule has 0 saturated heterocycles. The van der Waals surface area contributed by atoms with Gasteiger partial charge in [0.25, 0.3) is 0 Å². The quantitative estimate of drug-likeness (QED) is 0.597. The van der Waals surface area contributed by atoms with Crippen LogP contribution in [0.3, 0.4) is 0 Å². The Labute approximate surface area is 144 Å². The molecule has 0 aliphatic rings. The summed E-state index contributed by atoms with van der Waals surface area (Å²) in [5, 5.41) is 0. The minimum absolute atomic E-state index is 0.125. The van der Waals surface area contributed by atoms with Gasteiger partial charge in [0.15, 0.2) is 0 Å². The van der Waals surface area contributed by atoms with Crippen LogP contribution in [0.25, 0.3) is 11.1 Å². The van der Waals surface area contributed by atoms with E-state index in [0.717, 1.165) is 35.3 Å². The van der Waals surface area contributed by atoms with Crippen molar-refractivity contribution in [2.75, 3.05) is 6.61 Å². The Bertz CT molecular complexity index is 629. The predicted octanol–water partition coefficient (Wildman–Crippen LogP) is 5.55. The standard InChI is InChI=1S/C21H26O3/c1-4-6-7-21(22)24-16(3)17-8-10-18(11-9-17)19-12-14-20(15-13-19)23-5-2/h8-16H,4-7H2,1-3H3. The summed E-state index contributed by atoms with van der Waals surface area (Å²) in [5.74, 6) is 0.755. The van der Waals surface area contributed by atoms with Gasteiger partial charge in [0, 0.05) is 6.42 Å². The number of rotatable bonds is 8. The van der Waals surface area contributed by atoms with E-state index in [1.54, 1.807) is 0 Å². The molecule has 0 aliphatic carbocycles. The van der Waals surface area contributed by atoms with E-state index in [0.29, 0.717) is 13.0 Å². The SMILES string of the molecule is CCCCC(=O)OC(C)c1ccc(-c2ccc(OCC)cc2)cc1. The monoisotopic (exact) mass is 326 g/mol. The highest BCUT2D eigenvalue weighted by Gasteiger charge is 2.11. The van der Waals surface area contributed by atoms with Gasteiger partial charge in [-0.05, 0) is 49.1 Å². The summed E-state index contributed by atoms with van der Waals surface area (Å²) in [6, 6.07) is 16.2. The predicted molar refractivity (Wildman–Crippen MR) is 97.1 cm³/mol. The smallest absolute Gasteiger partial charge is 0.306 e. The van der Waals surface area contributed by atoms with Gasteiger partial charge in [-0.3, -0.25) is 4.79 Å². The van der Waals surface area contributed by atoms with Crippen LogP contribution in [0.5, 0.6) is 5.75 Å². The minimum atomic E-state index is -0.219. The number of hydrogen-bond acceptors (Lipinski definition) is 3. The molecule has 0 aliphatic heterocycles. The first kappa shape index (κ1) is 18.1. The molecule has 0 spiro atoms. The van der Waals surface area contributed by atoms with Gasteiger partial charge in [0.05, 0.1) is 6.61 Å². The van der Waals surface area contributed by atoms with Gasteiger partial charge in [-0.2, -0.15) is 0 Å². The van der Waals surface area contributed by atoms with Crippen LogP contribution in [0.2, 0.25) is 0 Å². The second kappa shape index (κ2) is 9.11. The molecule has 0 amide bonds. The molecule has 128 valence electrons. The lowest BCUT2D eigenvalue weighted by Crippen LogP contribution is -2.08. The summed E-state index contributed by atoms with van der Waals surface area (Å²) >= 11 is 0. The molecule has 0 N–H and O–H groups in total. The third-order valence-electron chi connectivity index (χ3n) is 3.92. The van der Waals surface area contributed by atoms with Crippen LogP contribution in [0, 0.1) is 0 Å². The van der Waals surface area contributed by atoms with Gasteiger partial charge in [0.1, 0.15) is 11.9 Å². The molecule has 0 aromatic heterocycles. The lowest BCUT2D eigenvalue weighted by molar-refractivity contribution is -0.148. The molecule has 3 nitrogen and oxygen atoms in total. The lowest BCUT2D eigenvalue weighted by atomic mass is 10.0. The molecular weight excluding hydrogens is 300 g/mol. The van der Waals surface area contributed by atoms with Gasteiger partial charge in [-0.25, -0.2) is 0 Å². The molecule has 1 unspecified atom stereocenters. The van der Waals surface area contributed by atoms with Gasteiger partial charge < -0.3 is 9.47 Å².